The highest BCUT2D eigenvalue weighted by atomic mass is 35.5. The molecule has 1 fully saturated rings. The molecular weight excluding hydrogens is 400 g/mol. The summed E-state index contributed by atoms with van der Waals surface area (Å²) in [6.07, 6.45) is 1.80. The van der Waals surface area contributed by atoms with Gasteiger partial charge in [0.25, 0.3) is 5.91 Å². The zero-order valence-corrected chi connectivity index (χ0v) is 16.9. The van der Waals surface area contributed by atoms with Gasteiger partial charge in [0.2, 0.25) is 10.0 Å². The number of aryl methyl sites for hydroxylation is 1. The molecule has 0 radical (unpaired) electrons. The van der Waals surface area contributed by atoms with Crippen molar-refractivity contribution in [2.24, 2.45) is 0 Å². The van der Waals surface area contributed by atoms with Crippen molar-refractivity contribution in [2.75, 3.05) is 37.7 Å². The van der Waals surface area contributed by atoms with Crippen LogP contribution in [0, 0.1) is 0 Å². The zero-order valence-electron chi connectivity index (χ0n) is 15.3. The van der Waals surface area contributed by atoms with E-state index in [9.17, 15) is 13.2 Å². The normalized spacial score (nSPS) is 18.0. The van der Waals surface area contributed by atoms with E-state index in [4.69, 9.17) is 16.3 Å². The largest absolute Gasteiger partial charge is 0.379 e. The Bertz CT molecular complexity index is 1000. The van der Waals surface area contributed by atoms with Gasteiger partial charge in [-0.1, -0.05) is 29.8 Å². The van der Waals surface area contributed by atoms with Crippen molar-refractivity contribution >= 4 is 33.2 Å². The van der Waals surface area contributed by atoms with Crippen LogP contribution in [0.2, 0.25) is 5.02 Å². The highest BCUT2D eigenvalue weighted by Crippen LogP contribution is 2.31. The number of benzene rings is 2. The minimum Gasteiger partial charge on any atom is -0.379 e. The van der Waals surface area contributed by atoms with E-state index in [1.807, 2.05) is 24.3 Å². The second-order valence-electron chi connectivity index (χ2n) is 6.85. The average Bonchev–Trinajstić information content (AvgIpc) is 2.73. The number of fused-ring (bicyclic) bond motifs is 1. The van der Waals surface area contributed by atoms with Gasteiger partial charge in [0.1, 0.15) is 4.90 Å². The van der Waals surface area contributed by atoms with Crippen molar-refractivity contribution < 1.29 is 17.9 Å². The van der Waals surface area contributed by atoms with Crippen LogP contribution in [0.15, 0.2) is 47.4 Å². The second-order valence-corrected chi connectivity index (χ2v) is 9.16. The van der Waals surface area contributed by atoms with E-state index in [-0.39, 0.29) is 28.9 Å². The summed E-state index contributed by atoms with van der Waals surface area (Å²) < 4.78 is 32.6. The summed E-state index contributed by atoms with van der Waals surface area (Å²) in [6.45, 7) is 1.84. The first-order chi connectivity index (χ1) is 13.5. The predicted molar refractivity (Wildman–Crippen MR) is 107 cm³/mol. The van der Waals surface area contributed by atoms with Crippen LogP contribution >= 0.6 is 11.6 Å². The van der Waals surface area contributed by atoms with Crippen LogP contribution in [-0.2, 0) is 21.2 Å². The molecule has 2 aliphatic heterocycles. The van der Waals surface area contributed by atoms with E-state index in [0.29, 0.717) is 25.3 Å². The Kier molecular flexibility index (Phi) is 5.42. The summed E-state index contributed by atoms with van der Waals surface area (Å²) in [5.74, 6) is -0.220. The molecule has 0 atom stereocenters. The number of halogens is 1. The maximum absolute atomic E-state index is 13.2. The first-order valence-electron chi connectivity index (χ1n) is 9.26. The van der Waals surface area contributed by atoms with Gasteiger partial charge in [-0.3, -0.25) is 4.79 Å². The highest BCUT2D eigenvalue weighted by molar-refractivity contribution is 7.89. The van der Waals surface area contributed by atoms with Crippen molar-refractivity contribution in [3.63, 3.8) is 0 Å². The number of carbonyl (C=O) groups is 1. The molecule has 148 valence electrons. The lowest BCUT2D eigenvalue weighted by molar-refractivity contribution is 0.0730. The molecule has 8 heteroatoms. The molecule has 6 nitrogen and oxygen atoms in total. The number of sulfonamides is 1. The van der Waals surface area contributed by atoms with Crippen molar-refractivity contribution in [3.05, 3.63) is 58.6 Å². The molecule has 0 aromatic heterocycles. The van der Waals surface area contributed by atoms with Crippen molar-refractivity contribution in [1.82, 2.24) is 4.31 Å². The van der Waals surface area contributed by atoms with Gasteiger partial charge in [0.05, 0.1) is 18.2 Å². The quantitative estimate of drug-likeness (QED) is 0.765. The summed E-state index contributed by atoms with van der Waals surface area (Å²) in [5.41, 5.74) is 2.32. The standard InChI is InChI=1S/C20H21ClN2O4S/c21-17-8-7-16(14-19(17)28(25,26)22-10-12-27-13-11-22)20(24)23-9-3-5-15-4-1-2-6-18(15)23/h1-2,4,6-8,14H,3,5,9-13H2. The van der Waals surface area contributed by atoms with E-state index in [1.54, 1.807) is 11.0 Å². The number of carbonyl (C=O) groups excluding carboxylic acids is 1. The van der Waals surface area contributed by atoms with Crippen LogP contribution in [-0.4, -0.2) is 51.5 Å². The van der Waals surface area contributed by atoms with Crippen LogP contribution in [0.4, 0.5) is 5.69 Å². The molecule has 2 heterocycles. The van der Waals surface area contributed by atoms with E-state index in [2.05, 4.69) is 0 Å². The Hall–Kier alpha value is -1.93. The molecule has 0 bridgehead atoms. The third-order valence-electron chi connectivity index (χ3n) is 5.12. The van der Waals surface area contributed by atoms with Gasteiger partial charge in [-0.15, -0.1) is 0 Å². The molecule has 0 aliphatic carbocycles. The van der Waals surface area contributed by atoms with Gasteiger partial charge in [0.15, 0.2) is 0 Å². The van der Waals surface area contributed by atoms with Crippen LogP contribution in [0.25, 0.3) is 0 Å². The molecular formula is C20H21ClN2O4S. The third kappa shape index (κ3) is 3.55. The fraction of sp³-hybridized carbons (Fsp3) is 0.350. The molecule has 2 aliphatic rings. The molecule has 0 N–H and O–H groups in total. The number of ether oxygens (including phenoxy) is 1. The van der Waals surface area contributed by atoms with Gasteiger partial charge in [-0.2, -0.15) is 4.31 Å². The fourth-order valence-electron chi connectivity index (χ4n) is 3.66. The zero-order chi connectivity index (χ0) is 19.7. The predicted octanol–water partition coefficient (Wildman–Crippen LogP) is 2.95. The molecule has 2 aromatic carbocycles. The molecule has 0 saturated carbocycles. The Morgan fingerprint density at radius 2 is 1.79 bits per heavy atom. The summed E-state index contributed by atoms with van der Waals surface area (Å²) in [4.78, 5) is 14.9. The minimum absolute atomic E-state index is 0.0350. The summed E-state index contributed by atoms with van der Waals surface area (Å²) in [7, 11) is -3.79. The molecule has 1 saturated heterocycles. The first kappa shape index (κ1) is 19.4. The van der Waals surface area contributed by atoms with Crippen LogP contribution < -0.4 is 4.90 Å². The maximum atomic E-state index is 13.2. The van der Waals surface area contributed by atoms with Crippen molar-refractivity contribution in [1.29, 1.82) is 0 Å². The number of anilines is 1. The monoisotopic (exact) mass is 420 g/mol. The van der Waals surface area contributed by atoms with Crippen LogP contribution in [0.1, 0.15) is 22.3 Å². The maximum Gasteiger partial charge on any atom is 0.258 e. The molecule has 0 unspecified atom stereocenters. The molecule has 28 heavy (non-hydrogen) atoms. The third-order valence-corrected chi connectivity index (χ3v) is 7.50. The van der Waals surface area contributed by atoms with E-state index in [1.165, 1.54) is 16.4 Å². The summed E-state index contributed by atoms with van der Waals surface area (Å²) >= 11 is 6.21. The van der Waals surface area contributed by atoms with Gasteiger partial charge in [0, 0.05) is 30.9 Å². The van der Waals surface area contributed by atoms with Gasteiger partial charge in [-0.05, 0) is 42.7 Å². The molecule has 1 amide bonds. The van der Waals surface area contributed by atoms with E-state index < -0.39 is 10.0 Å². The number of amides is 1. The fourth-order valence-corrected chi connectivity index (χ4v) is 5.57. The number of morpholine rings is 1. The lowest BCUT2D eigenvalue weighted by atomic mass is 10.0. The Morgan fingerprint density at radius 1 is 1.04 bits per heavy atom. The van der Waals surface area contributed by atoms with E-state index in [0.717, 1.165) is 24.1 Å². The number of para-hydroxylation sites is 1. The average molecular weight is 421 g/mol. The van der Waals surface area contributed by atoms with Crippen LogP contribution in [0.5, 0.6) is 0 Å². The Morgan fingerprint density at radius 3 is 2.57 bits per heavy atom. The number of hydrogen-bond donors (Lipinski definition) is 0. The van der Waals surface area contributed by atoms with Gasteiger partial charge in [-0.25, -0.2) is 8.42 Å². The number of nitrogens with zero attached hydrogens (tertiary/aromatic N) is 2. The van der Waals surface area contributed by atoms with Crippen molar-refractivity contribution in [2.45, 2.75) is 17.7 Å². The number of hydrogen-bond acceptors (Lipinski definition) is 4. The van der Waals surface area contributed by atoms with Gasteiger partial charge < -0.3 is 9.64 Å². The Balaban J connectivity index is 1.69. The highest BCUT2D eigenvalue weighted by Gasteiger charge is 2.30. The lowest BCUT2D eigenvalue weighted by Crippen LogP contribution is -2.41. The lowest BCUT2D eigenvalue weighted by Gasteiger charge is -2.30. The van der Waals surface area contributed by atoms with Gasteiger partial charge >= 0.3 is 0 Å². The minimum atomic E-state index is -3.79. The molecule has 2 aromatic rings. The SMILES string of the molecule is O=C(c1ccc(Cl)c(S(=O)(=O)N2CCOCC2)c1)N1CCCc2ccccc21. The number of rotatable bonds is 3. The van der Waals surface area contributed by atoms with Crippen molar-refractivity contribution in [3.8, 4) is 0 Å². The van der Waals surface area contributed by atoms with E-state index >= 15 is 0 Å². The summed E-state index contributed by atoms with van der Waals surface area (Å²) in [6, 6.07) is 12.3. The summed E-state index contributed by atoms with van der Waals surface area (Å²) in [5, 5.41) is 0.113. The topological polar surface area (TPSA) is 66.9 Å². The first-order valence-corrected chi connectivity index (χ1v) is 11.1. The smallest absolute Gasteiger partial charge is 0.258 e. The van der Waals surface area contributed by atoms with Crippen LogP contribution in [0.3, 0.4) is 0 Å². The Labute approximate surface area is 169 Å². The molecule has 0 spiro atoms. The second kappa shape index (κ2) is 7.83. The molecule has 4 rings (SSSR count).